The highest BCUT2D eigenvalue weighted by Gasteiger charge is 2.09. The molecule has 0 atom stereocenters. The lowest BCUT2D eigenvalue weighted by Crippen LogP contribution is -2.20. The number of anilines is 3. The van der Waals surface area contributed by atoms with Crippen molar-refractivity contribution in [2.45, 2.75) is 0 Å². The molecule has 1 aromatic heterocycles. The van der Waals surface area contributed by atoms with Crippen LogP contribution in [0.4, 0.5) is 16.5 Å². The van der Waals surface area contributed by atoms with Crippen molar-refractivity contribution in [3.8, 4) is 17.0 Å². The number of rotatable bonds is 10. The lowest BCUT2D eigenvalue weighted by molar-refractivity contribution is -0.118. The van der Waals surface area contributed by atoms with Crippen LogP contribution in [0.2, 0.25) is 5.02 Å². The first-order chi connectivity index (χ1) is 20.0. The van der Waals surface area contributed by atoms with Crippen LogP contribution < -0.4 is 20.8 Å². The summed E-state index contributed by atoms with van der Waals surface area (Å²) in [5, 5.41) is 13.4. The quantitative estimate of drug-likeness (QED) is 0.122. The Morgan fingerprint density at radius 3 is 2.46 bits per heavy atom. The van der Waals surface area contributed by atoms with Crippen molar-refractivity contribution >= 4 is 57.5 Å². The summed E-state index contributed by atoms with van der Waals surface area (Å²) in [6.07, 6.45) is 1.51. The second-order valence-corrected chi connectivity index (χ2v) is 10.0. The van der Waals surface area contributed by atoms with E-state index < -0.39 is 0 Å². The van der Waals surface area contributed by atoms with Crippen molar-refractivity contribution in [1.82, 2.24) is 10.4 Å². The molecule has 2 amide bonds. The highest BCUT2D eigenvalue weighted by Crippen LogP contribution is 2.28. The molecule has 0 aliphatic carbocycles. The number of carbonyl (C=O) groups is 2. The molecule has 5 aromatic rings. The van der Waals surface area contributed by atoms with Crippen molar-refractivity contribution in [2.75, 3.05) is 17.2 Å². The lowest BCUT2D eigenvalue weighted by atomic mass is 10.1. The van der Waals surface area contributed by atoms with E-state index in [4.69, 9.17) is 16.3 Å². The molecule has 0 unspecified atom stereocenters. The molecule has 1 heterocycles. The first-order valence-electron chi connectivity index (χ1n) is 12.5. The topological polar surface area (TPSA) is 105 Å². The number of amides is 2. The number of benzene rings is 4. The van der Waals surface area contributed by atoms with Crippen molar-refractivity contribution in [1.29, 1.82) is 0 Å². The van der Waals surface area contributed by atoms with Crippen LogP contribution in [0.15, 0.2) is 114 Å². The summed E-state index contributed by atoms with van der Waals surface area (Å²) in [6.45, 7) is -0.136. The maximum absolute atomic E-state index is 12.6. The molecule has 0 fully saturated rings. The molecule has 5 rings (SSSR count). The molecule has 4 aromatic carbocycles. The highest BCUT2D eigenvalue weighted by atomic mass is 35.5. The van der Waals surface area contributed by atoms with Gasteiger partial charge in [-0.1, -0.05) is 54.1 Å². The molecule has 0 aliphatic rings. The fourth-order valence-corrected chi connectivity index (χ4v) is 4.56. The molecule has 0 bridgehead atoms. The summed E-state index contributed by atoms with van der Waals surface area (Å²) in [5.41, 5.74) is 6.98. The number of nitrogens with zero attached hydrogens (tertiary/aromatic N) is 2. The van der Waals surface area contributed by atoms with Gasteiger partial charge in [0, 0.05) is 32.9 Å². The highest BCUT2D eigenvalue weighted by molar-refractivity contribution is 7.14. The summed E-state index contributed by atoms with van der Waals surface area (Å²) in [4.78, 5) is 29.3. The standard InChI is InChI=1S/C31H24ClN5O3S/c32-24-13-15-26(16-14-24)35-31-36-28(20-41-31)22-9-11-23(12-10-22)30(39)37-33-18-21-5-4-8-27(17-21)40-19-29(38)34-25-6-2-1-3-7-25/h1-18,20H,19H2,(H,34,38)(H,35,36)(H,37,39)/b33-18-. The minimum Gasteiger partial charge on any atom is -0.484 e. The minimum absolute atomic E-state index is 0.136. The largest absolute Gasteiger partial charge is 0.484 e. The summed E-state index contributed by atoms with van der Waals surface area (Å²) in [6, 6.07) is 30.7. The van der Waals surface area contributed by atoms with E-state index in [-0.39, 0.29) is 18.4 Å². The van der Waals surface area contributed by atoms with E-state index in [2.05, 4.69) is 26.1 Å². The maximum atomic E-state index is 12.6. The van der Waals surface area contributed by atoms with Gasteiger partial charge < -0.3 is 15.4 Å². The molecule has 0 saturated heterocycles. The van der Waals surface area contributed by atoms with E-state index in [1.54, 1.807) is 42.5 Å². The molecule has 10 heteroatoms. The van der Waals surface area contributed by atoms with Crippen molar-refractivity contribution < 1.29 is 14.3 Å². The van der Waals surface area contributed by atoms with Crippen LogP contribution in [0, 0.1) is 0 Å². The Labute approximate surface area is 245 Å². The summed E-state index contributed by atoms with van der Waals surface area (Å²) in [5.74, 6) is -0.104. The van der Waals surface area contributed by atoms with Gasteiger partial charge in [0.1, 0.15) is 5.75 Å². The number of ether oxygens (including phenoxy) is 1. The zero-order valence-corrected chi connectivity index (χ0v) is 23.2. The number of hydrazone groups is 1. The van der Waals surface area contributed by atoms with Crippen molar-refractivity contribution in [3.05, 3.63) is 125 Å². The lowest BCUT2D eigenvalue weighted by Gasteiger charge is -2.08. The van der Waals surface area contributed by atoms with Crippen LogP contribution in [-0.2, 0) is 4.79 Å². The second kappa shape index (κ2) is 13.4. The third-order valence-corrected chi connectivity index (χ3v) is 6.72. The number of nitrogens with one attached hydrogen (secondary N) is 3. The molecule has 204 valence electrons. The Balaban J connectivity index is 1.11. The fourth-order valence-electron chi connectivity index (χ4n) is 3.69. The summed E-state index contributed by atoms with van der Waals surface area (Å²) in [7, 11) is 0. The third kappa shape index (κ3) is 8.01. The number of aromatic nitrogens is 1. The van der Waals surface area contributed by atoms with Crippen LogP contribution in [0.25, 0.3) is 11.3 Å². The van der Waals surface area contributed by atoms with Gasteiger partial charge in [0.25, 0.3) is 11.8 Å². The molecular weight excluding hydrogens is 558 g/mol. The molecule has 3 N–H and O–H groups in total. The number of thiazole rings is 1. The number of hydrogen-bond donors (Lipinski definition) is 3. The zero-order valence-electron chi connectivity index (χ0n) is 21.6. The molecule has 0 aliphatic heterocycles. The van der Waals surface area contributed by atoms with E-state index in [0.29, 0.717) is 27.6 Å². The van der Waals surface area contributed by atoms with Gasteiger partial charge in [-0.05, 0) is 66.2 Å². The molecule has 0 radical (unpaired) electrons. The maximum Gasteiger partial charge on any atom is 0.271 e. The second-order valence-electron chi connectivity index (χ2n) is 8.72. The first kappa shape index (κ1) is 27.6. The smallest absolute Gasteiger partial charge is 0.271 e. The van der Waals surface area contributed by atoms with E-state index in [1.807, 2.05) is 66.0 Å². The Hall–Kier alpha value is -4.99. The molecule has 8 nitrogen and oxygen atoms in total. The molecule has 0 saturated carbocycles. The normalized spacial score (nSPS) is 10.8. The van der Waals surface area contributed by atoms with Gasteiger partial charge in [-0.2, -0.15) is 5.10 Å². The van der Waals surface area contributed by atoms with Gasteiger partial charge in [0.05, 0.1) is 11.9 Å². The van der Waals surface area contributed by atoms with E-state index in [9.17, 15) is 9.59 Å². The molecule has 0 spiro atoms. The van der Waals surface area contributed by atoms with Gasteiger partial charge in [-0.15, -0.1) is 11.3 Å². The Morgan fingerprint density at radius 2 is 1.68 bits per heavy atom. The van der Waals surface area contributed by atoms with Crippen LogP contribution >= 0.6 is 22.9 Å². The van der Waals surface area contributed by atoms with Crippen LogP contribution in [-0.4, -0.2) is 29.6 Å². The SMILES string of the molecule is O=C(COc1cccc(/C=N\NC(=O)c2ccc(-c3csc(Nc4ccc(Cl)cc4)n3)cc2)c1)Nc1ccccc1. The number of para-hydroxylation sites is 1. The Kier molecular flexibility index (Phi) is 9.00. The number of hydrogen-bond acceptors (Lipinski definition) is 7. The number of carbonyl (C=O) groups excluding carboxylic acids is 2. The van der Waals surface area contributed by atoms with E-state index in [1.165, 1.54) is 17.6 Å². The van der Waals surface area contributed by atoms with Gasteiger partial charge >= 0.3 is 0 Å². The van der Waals surface area contributed by atoms with Crippen LogP contribution in [0.5, 0.6) is 5.75 Å². The summed E-state index contributed by atoms with van der Waals surface area (Å²) >= 11 is 7.43. The fraction of sp³-hybridized carbons (Fsp3) is 0.0323. The van der Waals surface area contributed by atoms with E-state index >= 15 is 0 Å². The Bertz CT molecular complexity index is 1660. The van der Waals surface area contributed by atoms with Crippen LogP contribution in [0.3, 0.4) is 0 Å². The van der Waals surface area contributed by atoms with Crippen molar-refractivity contribution in [3.63, 3.8) is 0 Å². The molecular formula is C31H24ClN5O3S. The average Bonchev–Trinajstić information content (AvgIpc) is 3.46. The monoisotopic (exact) mass is 581 g/mol. The first-order valence-corrected chi connectivity index (χ1v) is 13.8. The molecule has 41 heavy (non-hydrogen) atoms. The van der Waals surface area contributed by atoms with Crippen molar-refractivity contribution in [2.24, 2.45) is 5.10 Å². The number of halogens is 1. The van der Waals surface area contributed by atoms with Gasteiger partial charge in [-0.3, -0.25) is 9.59 Å². The van der Waals surface area contributed by atoms with Gasteiger partial charge in [0.2, 0.25) is 0 Å². The summed E-state index contributed by atoms with van der Waals surface area (Å²) < 4.78 is 5.59. The minimum atomic E-state index is -0.346. The zero-order chi connectivity index (χ0) is 28.4. The third-order valence-electron chi connectivity index (χ3n) is 5.71. The van der Waals surface area contributed by atoms with E-state index in [0.717, 1.165) is 22.1 Å². The average molecular weight is 582 g/mol. The Morgan fingerprint density at radius 1 is 0.902 bits per heavy atom. The van der Waals surface area contributed by atoms with Gasteiger partial charge in [0.15, 0.2) is 11.7 Å². The van der Waals surface area contributed by atoms with Gasteiger partial charge in [-0.25, -0.2) is 10.4 Å². The predicted octanol–water partition coefficient (Wildman–Crippen LogP) is 6.99. The van der Waals surface area contributed by atoms with Crippen LogP contribution in [0.1, 0.15) is 15.9 Å². The predicted molar refractivity (Wildman–Crippen MR) is 164 cm³/mol.